The van der Waals surface area contributed by atoms with Crippen LogP contribution < -0.4 is 114 Å². The predicted octanol–water partition coefficient (Wildman–Crippen LogP) is -6.90. The molecule has 1 aromatic carbocycles. The van der Waals surface area contributed by atoms with E-state index in [1.807, 2.05) is 0 Å². The standard InChI is InChI=1S/C4H2O2S2.2K/c5-1-2(6)4(8)3(1)7;;/h7-8H;;/q;2*+1/p-2. The van der Waals surface area contributed by atoms with Crippen LogP contribution in [0.3, 0.4) is 0 Å². The Hall–Kier alpha value is 2.79. The molecule has 0 N–H and O–H groups in total. The molecule has 1 rings (SSSR count). The van der Waals surface area contributed by atoms with Crippen molar-refractivity contribution in [1.29, 1.82) is 0 Å². The van der Waals surface area contributed by atoms with Gasteiger partial charge in [-0.25, -0.2) is 0 Å². The minimum absolute atomic E-state index is 0. The molecular weight excluding hydrogens is 222 g/mol. The third-order valence-corrected chi connectivity index (χ3v) is 1.73. The first-order valence-electron chi connectivity index (χ1n) is 1.82. The van der Waals surface area contributed by atoms with Crippen LogP contribution in [0.1, 0.15) is 0 Å². The molecule has 0 aliphatic rings. The first-order valence-corrected chi connectivity index (χ1v) is 2.63. The summed E-state index contributed by atoms with van der Waals surface area (Å²) in [6.07, 6.45) is 0. The van der Waals surface area contributed by atoms with E-state index in [9.17, 15) is 9.59 Å². The van der Waals surface area contributed by atoms with Gasteiger partial charge in [-0.2, -0.15) is 0 Å². The Morgan fingerprint density at radius 1 is 0.800 bits per heavy atom. The minimum atomic E-state index is -0.606. The zero-order chi connectivity index (χ0) is 6.31. The maximum absolute atomic E-state index is 10.2. The number of rotatable bonds is 0. The van der Waals surface area contributed by atoms with Crippen molar-refractivity contribution < 1.29 is 103 Å². The Morgan fingerprint density at radius 3 is 1.10 bits per heavy atom. The van der Waals surface area contributed by atoms with Gasteiger partial charge in [-0.15, -0.1) is 9.79 Å². The molecule has 0 heterocycles. The van der Waals surface area contributed by atoms with E-state index >= 15 is 0 Å². The van der Waals surface area contributed by atoms with Crippen molar-refractivity contribution in [3.63, 3.8) is 0 Å². The molecule has 0 saturated heterocycles. The Bertz CT molecular complexity index is 259. The topological polar surface area (TPSA) is 34.1 Å². The van der Waals surface area contributed by atoms with Gasteiger partial charge < -0.3 is 25.3 Å². The average Bonchev–Trinajstić information content (AvgIpc) is 1.83. The second kappa shape index (κ2) is 6.28. The maximum Gasteiger partial charge on any atom is 1.00 e. The summed E-state index contributed by atoms with van der Waals surface area (Å²) in [4.78, 5) is 20.4. The van der Waals surface area contributed by atoms with E-state index in [-0.39, 0.29) is 113 Å². The van der Waals surface area contributed by atoms with Gasteiger partial charge in [0.1, 0.15) is 0 Å². The van der Waals surface area contributed by atoms with Crippen molar-refractivity contribution in [2.75, 3.05) is 0 Å². The molecular formula is C4K2O2S2. The summed E-state index contributed by atoms with van der Waals surface area (Å²) in [6, 6.07) is 0. The van der Waals surface area contributed by atoms with Gasteiger partial charge in [0.2, 0.25) is 10.9 Å². The van der Waals surface area contributed by atoms with Crippen molar-refractivity contribution in [1.82, 2.24) is 0 Å². The molecule has 0 aromatic heterocycles. The maximum atomic E-state index is 10.2. The van der Waals surface area contributed by atoms with Crippen LogP contribution >= 0.6 is 0 Å². The fourth-order valence-corrected chi connectivity index (χ4v) is 0.721. The van der Waals surface area contributed by atoms with Crippen molar-refractivity contribution >= 4 is 25.3 Å². The fourth-order valence-electron chi connectivity index (χ4n) is 0.350. The van der Waals surface area contributed by atoms with Gasteiger partial charge in [0.05, 0.1) is 0 Å². The Morgan fingerprint density at radius 2 is 1.00 bits per heavy atom. The molecule has 0 aliphatic carbocycles. The van der Waals surface area contributed by atoms with Gasteiger partial charge in [0.15, 0.2) is 0 Å². The van der Waals surface area contributed by atoms with Crippen LogP contribution in [0.4, 0.5) is 0 Å². The molecule has 10 heavy (non-hydrogen) atoms. The van der Waals surface area contributed by atoms with Crippen molar-refractivity contribution in [3.05, 3.63) is 20.4 Å². The molecule has 2 nitrogen and oxygen atoms in total. The van der Waals surface area contributed by atoms with Crippen LogP contribution in [-0.2, 0) is 25.3 Å². The average molecular weight is 222 g/mol. The summed E-state index contributed by atoms with van der Waals surface area (Å²) < 4.78 is 0. The predicted molar refractivity (Wildman–Crippen MR) is 32.6 cm³/mol. The van der Waals surface area contributed by atoms with Crippen molar-refractivity contribution in [3.8, 4) is 0 Å². The first-order chi connectivity index (χ1) is 3.64. The normalized spacial score (nSPS) is 8.00. The zero-order valence-corrected chi connectivity index (χ0v) is 13.5. The Kier molecular flexibility index (Phi) is 9.59. The Labute approximate surface area is 154 Å². The van der Waals surface area contributed by atoms with Gasteiger partial charge in [0, 0.05) is 0 Å². The van der Waals surface area contributed by atoms with Crippen LogP contribution in [0.15, 0.2) is 19.4 Å². The van der Waals surface area contributed by atoms with Crippen LogP contribution in [0.2, 0.25) is 0 Å². The van der Waals surface area contributed by atoms with Crippen LogP contribution in [0, 0.1) is 0 Å². The van der Waals surface area contributed by atoms with Crippen molar-refractivity contribution in [2.24, 2.45) is 0 Å². The van der Waals surface area contributed by atoms with Gasteiger partial charge >= 0.3 is 103 Å². The van der Waals surface area contributed by atoms with E-state index in [0.717, 1.165) is 0 Å². The van der Waals surface area contributed by atoms with Crippen molar-refractivity contribution in [2.45, 2.75) is 9.79 Å². The molecule has 0 saturated carbocycles. The first kappa shape index (κ1) is 15.3. The molecule has 0 atom stereocenters. The van der Waals surface area contributed by atoms with Gasteiger partial charge in [-0.05, 0) is 0 Å². The van der Waals surface area contributed by atoms with E-state index in [0.29, 0.717) is 0 Å². The quantitative estimate of drug-likeness (QED) is 0.248. The summed E-state index contributed by atoms with van der Waals surface area (Å²) >= 11 is 8.79. The van der Waals surface area contributed by atoms with E-state index in [4.69, 9.17) is 0 Å². The van der Waals surface area contributed by atoms with Gasteiger partial charge in [-0.1, -0.05) is 0 Å². The van der Waals surface area contributed by atoms with Crippen LogP contribution in [-0.4, -0.2) is 0 Å². The van der Waals surface area contributed by atoms with E-state index in [1.165, 1.54) is 0 Å². The third kappa shape index (κ3) is 2.93. The molecule has 0 radical (unpaired) electrons. The van der Waals surface area contributed by atoms with Gasteiger partial charge in [0.25, 0.3) is 0 Å². The zero-order valence-electron chi connectivity index (χ0n) is 5.63. The second-order valence-electron chi connectivity index (χ2n) is 1.32. The third-order valence-electron chi connectivity index (χ3n) is 0.825. The second-order valence-corrected chi connectivity index (χ2v) is 2.13. The minimum Gasteiger partial charge on any atom is -0.777 e. The van der Waals surface area contributed by atoms with Crippen LogP contribution in [0.5, 0.6) is 0 Å². The van der Waals surface area contributed by atoms with Gasteiger partial charge in [-0.3, -0.25) is 9.59 Å². The largest absolute Gasteiger partial charge is 1.00 e. The molecule has 1 aromatic rings. The Balaban J connectivity index is 0. The summed E-state index contributed by atoms with van der Waals surface area (Å²) in [6.45, 7) is 0. The summed E-state index contributed by atoms with van der Waals surface area (Å²) in [5.41, 5.74) is -1.21. The monoisotopic (exact) mass is 222 g/mol. The summed E-state index contributed by atoms with van der Waals surface area (Å²) in [5, 5.41) is 0. The van der Waals surface area contributed by atoms with E-state index in [2.05, 4.69) is 25.3 Å². The smallest absolute Gasteiger partial charge is 0.777 e. The fraction of sp³-hybridized carbons (Fsp3) is 0. The van der Waals surface area contributed by atoms with Crippen LogP contribution in [0.25, 0.3) is 0 Å². The number of hydrogen-bond acceptors (Lipinski definition) is 4. The summed E-state index contributed by atoms with van der Waals surface area (Å²) in [5.74, 6) is 0. The molecule has 0 amide bonds. The van der Waals surface area contributed by atoms with E-state index < -0.39 is 10.9 Å². The SMILES string of the molecule is O=c1c([S-])c([S-])c1=O.[K+].[K+]. The molecule has 0 bridgehead atoms. The molecule has 0 unspecified atom stereocenters. The molecule has 0 aliphatic heterocycles. The number of hydrogen-bond donors (Lipinski definition) is 0. The van der Waals surface area contributed by atoms with E-state index in [1.54, 1.807) is 0 Å². The molecule has 0 spiro atoms. The molecule has 42 valence electrons. The molecule has 0 fully saturated rings. The molecule has 6 heteroatoms. The summed E-state index contributed by atoms with van der Waals surface area (Å²) in [7, 11) is 0.